The van der Waals surface area contributed by atoms with Gasteiger partial charge in [-0.05, 0) is 24.3 Å². The molecular formula is C22H7F22N3. The summed E-state index contributed by atoms with van der Waals surface area (Å²) in [7, 11) is 0. The summed E-state index contributed by atoms with van der Waals surface area (Å²) in [6, 6.07) is -1.01. The van der Waals surface area contributed by atoms with Gasteiger partial charge in [0.1, 0.15) is 17.3 Å². The number of para-hydroxylation sites is 2. The molecule has 0 aliphatic carbocycles. The van der Waals surface area contributed by atoms with Crippen LogP contribution in [0.4, 0.5) is 108 Å². The lowest BCUT2D eigenvalue weighted by Crippen LogP contribution is -2.59. The maximum atomic E-state index is 14.7. The molecule has 0 amide bonds. The van der Waals surface area contributed by atoms with Gasteiger partial charge in [0.25, 0.3) is 0 Å². The van der Waals surface area contributed by atoms with Crippen molar-refractivity contribution in [3.8, 4) is 0 Å². The van der Waals surface area contributed by atoms with E-state index in [-0.39, 0.29) is 41.7 Å². The Labute approximate surface area is 243 Å². The molecule has 0 heterocycles. The first kappa shape index (κ1) is 39.2. The maximum absolute atomic E-state index is 14.7. The summed E-state index contributed by atoms with van der Waals surface area (Å²) in [5.41, 5.74) is -11.0. The largest absolute Gasteiger partial charge is 0.460 e. The summed E-state index contributed by atoms with van der Waals surface area (Å²) in [6.07, 6.45) is -27.3. The fourth-order valence-electron chi connectivity index (χ4n) is 3.06. The Hall–Kier alpha value is -3.96. The first-order valence-electron chi connectivity index (χ1n) is 11.0. The predicted molar refractivity (Wildman–Crippen MR) is 113 cm³/mol. The zero-order valence-electron chi connectivity index (χ0n) is 21.2. The minimum atomic E-state index is -7.80. The standard InChI is InChI=1S/C22H7F22N3/c23-9-5-1-3-7(17(29,30)31)11(9)45-13(15(25,26)19(35,36)21(39,40)41)47-14(16(27,28)20(37,38)22(42,43)44)46-12-8(18(32,33)34)4-2-6-10(12)24/h1-6H,(H,45,46,47). The Morgan fingerprint density at radius 1 is 0.511 bits per heavy atom. The molecule has 0 bridgehead atoms. The van der Waals surface area contributed by atoms with Crippen LogP contribution < -0.4 is 5.32 Å². The van der Waals surface area contributed by atoms with Crippen molar-refractivity contribution in [1.82, 2.24) is 0 Å². The first-order valence-corrected chi connectivity index (χ1v) is 11.0. The van der Waals surface area contributed by atoms with Gasteiger partial charge in [-0.1, -0.05) is 12.1 Å². The number of aliphatic imine (C=N–C) groups is 2. The van der Waals surface area contributed by atoms with Crippen LogP contribution in [0.5, 0.6) is 0 Å². The molecule has 25 heteroatoms. The van der Waals surface area contributed by atoms with E-state index < -0.39 is 94.2 Å². The number of benzene rings is 2. The molecule has 1 N–H and O–H groups in total. The van der Waals surface area contributed by atoms with Crippen LogP contribution in [-0.4, -0.2) is 47.7 Å². The molecule has 0 atom stereocenters. The quantitative estimate of drug-likeness (QED) is 0.179. The fraction of sp³-hybridized carbons (Fsp3) is 0.364. The van der Waals surface area contributed by atoms with Gasteiger partial charge in [0, 0.05) is 0 Å². The van der Waals surface area contributed by atoms with Gasteiger partial charge in [-0.25, -0.2) is 18.8 Å². The molecule has 0 saturated carbocycles. The van der Waals surface area contributed by atoms with E-state index >= 15 is 0 Å². The van der Waals surface area contributed by atoms with Gasteiger partial charge < -0.3 is 5.32 Å². The number of nitrogens with zero attached hydrogens (tertiary/aromatic N) is 2. The maximum Gasteiger partial charge on any atom is 0.460 e. The van der Waals surface area contributed by atoms with Gasteiger partial charge >= 0.3 is 48.4 Å². The summed E-state index contributed by atoms with van der Waals surface area (Å²) in [5, 5.41) is 0.0477. The number of rotatable bonds is 6. The van der Waals surface area contributed by atoms with Crippen molar-refractivity contribution < 1.29 is 96.6 Å². The van der Waals surface area contributed by atoms with Crippen molar-refractivity contribution in [2.75, 3.05) is 5.32 Å². The fourth-order valence-corrected chi connectivity index (χ4v) is 3.06. The molecule has 0 fully saturated rings. The van der Waals surface area contributed by atoms with E-state index in [1.54, 1.807) is 4.99 Å². The van der Waals surface area contributed by atoms with Crippen molar-refractivity contribution in [2.24, 2.45) is 9.98 Å². The minimum absolute atomic E-state index is 0.0477. The van der Waals surface area contributed by atoms with E-state index in [1.165, 1.54) is 4.99 Å². The molecule has 0 radical (unpaired) electrons. The zero-order chi connectivity index (χ0) is 37.0. The summed E-state index contributed by atoms with van der Waals surface area (Å²) >= 11 is 0. The average molecular weight is 731 g/mol. The third-order valence-corrected chi connectivity index (χ3v) is 5.37. The van der Waals surface area contributed by atoms with E-state index in [0.717, 1.165) is 0 Å². The summed E-state index contributed by atoms with van der Waals surface area (Å²) < 4.78 is 300. The molecule has 0 aliphatic rings. The third-order valence-electron chi connectivity index (χ3n) is 5.37. The molecular weight excluding hydrogens is 724 g/mol. The molecule has 264 valence electrons. The highest BCUT2D eigenvalue weighted by Gasteiger charge is 2.77. The highest BCUT2D eigenvalue weighted by Crippen LogP contribution is 2.51. The van der Waals surface area contributed by atoms with Gasteiger partial charge in [-0.3, -0.25) is 0 Å². The number of halogens is 22. The van der Waals surface area contributed by atoms with E-state index in [0.29, 0.717) is 0 Å². The summed E-state index contributed by atoms with van der Waals surface area (Å²) in [4.78, 5) is 3.02. The zero-order valence-corrected chi connectivity index (χ0v) is 21.2. The molecule has 47 heavy (non-hydrogen) atoms. The van der Waals surface area contributed by atoms with E-state index in [1.807, 2.05) is 0 Å². The van der Waals surface area contributed by atoms with E-state index in [2.05, 4.69) is 0 Å². The Morgan fingerprint density at radius 3 is 1.34 bits per heavy atom. The van der Waals surface area contributed by atoms with Crippen molar-refractivity contribution in [3.63, 3.8) is 0 Å². The van der Waals surface area contributed by atoms with Crippen LogP contribution in [0.15, 0.2) is 46.4 Å². The molecule has 2 rings (SSSR count). The number of alkyl halides is 20. The molecule has 0 unspecified atom stereocenters. The minimum Gasteiger partial charge on any atom is -0.336 e. The average Bonchev–Trinajstić information content (AvgIpc) is 2.86. The van der Waals surface area contributed by atoms with Crippen LogP contribution in [-0.2, 0) is 12.4 Å². The van der Waals surface area contributed by atoms with Gasteiger partial charge in [0.15, 0.2) is 5.84 Å². The normalized spacial score (nSPS) is 15.3. The van der Waals surface area contributed by atoms with Crippen LogP contribution in [0.1, 0.15) is 11.1 Å². The number of hydrogen-bond donors (Lipinski definition) is 1. The van der Waals surface area contributed by atoms with Crippen LogP contribution in [0.25, 0.3) is 0 Å². The second kappa shape index (κ2) is 11.9. The highest BCUT2D eigenvalue weighted by molar-refractivity contribution is 6.10. The van der Waals surface area contributed by atoms with Crippen molar-refractivity contribution in [2.45, 2.75) is 48.4 Å². The van der Waals surface area contributed by atoms with E-state index in [4.69, 9.17) is 0 Å². The second-order valence-electron chi connectivity index (χ2n) is 8.61. The van der Waals surface area contributed by atoms with E-state index in [9.17, 15) is 96.6 Å². The van der Waals surface area contributed by atoms with Gasteiger partial charge in [0.05, 0.1) is 16.8 Å². The van der Waals surface area contributed by atoms with Gasteiger partial charge in [0.2, 0.25) is 5.84 Å². The Balaban J connectivity index is 3.27. The topological polar surface area (TPSA) is 36.8 Å². The Morgan fingerprint density at radius 2 is 0.915 bits per heavy atom. The number of anilines is 1. The predicted octanol–water partition coefficient (Wildman–Crippen LogP) is 10.2. The van der Waals surface area contributed by atoms with Crippen molar-refractivity contribution in [1.29, 1.82) is 0 Å². The lowest BCUT2D eigenvalue weighted by Gasteiger charge is -2.31. The van der Waals surface area contributed by atoms with Crippen molar-refractivity contribution >= 4 is 23.0 Å². The summed E-state index contributed by atoms with van der Waals surface area (Å²) in [6.45, 7) is 0. The van der Waals surface area contributed by atoms with Gasteiger partial charge in [-0.15, -0.1) is 0 Å². The second-order valence-corrected chi connectivity index (χ2v) is 8.61. The molecule has 3 nitrogen and oxygen atoms in total. The Bertz CT molecular complexity index is 1520. The molecule has 0 aromatic heterocycles. The SMILES string of the molecule is Fc1cccc(C(F)(F)F)c1N=C(N=C(Nc1c(F)cccc1C(F)(F)F)C(F)(F)C(F)(F)C(F)(F)F)C(F)(F)C(F)(F)C(F)(F)F. The molecule has 0 aliphatic heterocycles. The molecule has 0 saturated heterocycles. The Kier molecular flexibility index (Phi) is 9.96. The van der Waals surface area contributed by atoms with Crippen molar-refractivity contribution in [3.05, 3.63) is 59.2 Å². The monoisotopic (exact) mass is 731 g/mol. The van der Waals surface area contributed by atoms with Crippen LogP contribution in [0.3, 0.4) is 0 Å². The molecule has 0 spiro atoms. The molecule has 2 aromatic carbocycles. The molecule has 2 aromatic rings. The van der Waals surface area contributed by atoms with Gasteiger partial charge in [-0.2, -0.15) is 87.8 Å². The lowest BCUT2D eigenvalue weighted by molar-refractivity contribution is -0.337. The number of nitrogens with one attached hydrogen (secondary N) is 1. The first-order chi connectivity index (χ1) is 20.7. The smallest absolute Gasteiger partial charge is 0.336 e. The number of hydrogen-bond acceptors (Lipinski definition) is 1. The lowest BCUT2D eigenvalue weighted by atomic mass is 10.1. The van der Waals surface area contributed by atoms with Crippen LogP contribution in [0, 0.1) is 11.6 Å². The van der Waals surface area contributed by atoms with Crippen LogP contribution >= 0.6 is 0 Å². The summed E-state index contributed by atoms with van der Waals surface area (Å²) in [5.74, 6) is -44.3. The van der Waals surface area contributed by atoms with Crippen LogP contribution in [0.2, 0.25) is 0 Å². The highest BCUT2D eigenvalue weighted by atomic mass is 19.4. The third kappa shape index (κ3) is 7.31. The number of amidine groups is 2.